The van der Waals surface area contributed by atoms with Gasteiger partial charge in [-0.1, -0.05) is 25.4 Å². The van der Waals surface area contributed by atoms with Crippen LogP contribution in [0.2, 0.25) is 5.02 Å². The Kier molecular flexibility index (Phi) is 6.66. The van der Waals surface area contributed by atoms with Crippen LogP contribution in [0.3, 0.4) is 0 Å². The molecule has 3 aromatic rings. The van der Waals surface area contributed by atoms with Gasteiger partial charge in [0.2, 0.25) is 0 Å². The van der Waals surface area contributed by atoms with Crippen molar-refractivity contribution in [2.24, 2.45) is 0 Å². The van der Waals surface area contributed by atoms with Gasteiger partial charge < -0.3 is 10.1 Å². The van der Waals surface area contributed by atoms with Gasteiger partial charge in [0.1, 0.15) is 11.4 Å². The van der Waals surface area contributed by atoms with Crippen LogP contribution in [0.25, 0.3) is 10.9 Å². The summed E-state index contributed by atoms with van der Waals surface area (Å²) in [6, 6.07) is 14.1. The number of pyridine rings is 1. The normalized spacial score (nSPS) is 11.8. The standard InChI is InChI=1S/C24H30ClN3O/c1-6-28(7-2)16-17-14-19(9-11-23(17)29-24(3,4)5)27-21-12-13-26-22-15-18(25)8-10-20(21)22/h8-15H,6-7,16H2,1-5H3,(H,26,27). The number of fused-ring (bicyclic) bond motifs is 1. The molecule has 154 valence electrons. The van der Waals surface area contributed by atoms with E-state index in [1.54, 1.807) is 6.20 Å². The van der Waals surface area contributed by atoms with E-state index in [1.807, 2.05) is 24.3 Å². The molecule has 1 heterocycles. The molecular weight excluding hydrogens is 382 g/mol. The fraction of sp³-hybridized carbons (Fsp3) is 0.375. The summed E-state index contributed by atoms with van der Waals surface area (Å²) in [5.74, 6) is 0.932. The summed E-state index contributed by atoms with van der Waals surface area (Å²) in [5, 5.41) is 5.28. The number of nitrogens with zero attached hydrogens (tertiary/aromatic N) is 2. The SMILES string of the molecule is CCN(CC)Cc1cc(Nc2ccnc3cc(Cl)ccc23)ccc1OC(C)(C)C. The van der Waals surface area contributed by atoms with Crippen molar-refractivity contribution in [1.29, 1.82) is 0 Å². The zero-order valence-electron chi connectivity index (χ0n) is 17.9. The number of halogens is 1. The third-order valence-corrected chi connectivity index (χ3v) is 4.98. The van der Waals surface area contributed by atoms with Gasteiger partial charge in [-0.05, 0) is 76.3 Å². The molecule has 4 nitrogen and oxygen atoms in total. The largest absolute Gasteiger partial charge is 0.488 e. The summed E-state index contributed by atoms with van der Waals surface area (Å²) < 4.78 is 6.23. The highest BCUT2D eigenvalue weighted by atomic mass is 35.5. The highest BCUT2D eigenvalue weighted by molar-refractivity contribution is 6.31. The molecule has 0 amide bonds. The molecular formula is C24H30ClN3O. The van der Waals surface area contributed by atoms with Gasteiger partial charge in [-0.3, -0.25) is 9.88 Å². The molecule has 0 atom stereocenters. The van der Waals surface area contributed by atoms with E-state index in [0.29, 0.717) is 5.02 Å². The Labute approximate surface area is 178 Å². The second kappa shape index (κ2) is 9.02. The quantitative estimate of drug-likeness (QED) is 0.472. The van der Waals surface area contributed by atoms with Gasteiger partial charge in [-0.15, -0.1) is 0 Å². The number of hydrogen-bond donors (Lipinski definition) is 1. The number of benzene rings is 2. The zero-order valence-corrected chi connectivity index (χ0v) is 18.7. The topological polar surface area (TPSA) is 37.4 Å². The van der Waals surface area contributed by atoms with Crippen LogP contribution in [0.5, 0.6) is 5.75 Å². The van der Waals surface area contributed by atoms with Crippen LogP contribution < -0.4 is 10.1 Å². The first-order chi connectivity index (χ1) is 13.8. The van der Waals surface area contributed by atoms with E-state index in [9.17, 15) is 0 Å². The van der Waals surface area contributed by atoms with Gasteiger partial charge in [0.05, 0.1) is 5.52 Å². The van der Waals surface area contributed by atoms with E-state index in [1.165, 1.54) is 5.56 Å². The second-order valence-corrected chi connectivity index (χ2v) is 8.58. The minimum atomic E-state index is -0.243. The molecule has 0 unspecified atom stereocenters. The average Bonchev–Trinajstić information content (AvgIpc) is 2.66. The van der Waals surface area contributed by atoms with Gasteiger partial charge in [0.25, 0.3) is 0 Å². The maximum Gasteiger partial charge on any atom is 0.124 e. The van der Waals surface area contributed by atoms with E-state index in [0.717, 1.165) is 47.7 Å². The Balaban J connectivity index is 1.95. The van der Waals surface area contributed by atoms with E-state index in [-0.39, 0.29) is 5.60 Å². The molecule has 2 aromatic carbocycles. The lowest BCUT2D eigenvalue weighted by Crippen LogP contribution is -2.26. The van der Waals surface area contributed by atoms with Gasteiger partial charge in [0, 0.05) is 40.1 Å². The lowest BCUT2D eigenvalue weighted by atomic mass is 10.1. The Morgan fingerprint density at radius 1 is 1.03 bits per heavy atom. The molecule has 0 saturated carbocycles. The summed E-state index contributed by atoms with van der Waals surface area (Å²) in [5.41, 5.74) is 3.84. The van der Waals surface area contributed by atoms with Crippen LogP contribution in [0, 0.1) is 0 Å². The zero-order chi connectivity index (χ0) is 21.0. The molecule has 0 spiro atoms. The Hall–Kier alpha value is -2.30. The van der Waals surface area contributed by atoms with Crippen molar-refractivity contribution in [3.63, 3.8) is 0 Å². The Morgan fingerprint density at radius 2 is 1.79 bits per heavy atom. The maximum absolute atomic E-state index is 6.23. The molecule has 1 aromatic heterocycles. The molecule has 0 saturated heterocycles. The highest BCUT2D eigenvalue weighted by Gasteiger charge is 2.16. The number of ether oxygens (including phenoxy) is 1. The van der Waals surface area contributed by atoms with Gasteiger partial charge in [-0.25, -0.2) is 0 Å². The first-order valence-corrected chi connectivity index (χ1v) is 10.5. The fourth-order valence-corrected chi connectivity index (χ4v) is 3.45. The Morgan fingerprint density at radius 3 is 2.48 bits per heavy atom. The monoisotopic (exact) mass is 411 g/mol. The minimum absolute atomic E-state index is 0.243. The molecule has 0 aliphatic rings. The summed E-state index contributed by atoms with van der Waals surface area (Å²) in [7, 11) is 0. The summed E-state index contributed by atoms with van der Waals surface area (Å²) in [6.07, 6.45) is 1.80. The van der Waals surface area contributed by atoms with Crippen molar-refractivity contribution in [3.05, 3.63) is 59.2 Å². The van der Waals surface area contributed by atoms with Gasteiger partial charge >= 0.3 is 0 Å². The molecule has 3 rings (SSSR count). The number of anilines is 2. The predicted molar refractivity (Wildman–Crippen MR) is 123 cm³/mol. The van der Waals surface area contributed by atoms with Crippen molar-refractivity contribution in [1.82, 2.24) is 9.88 Å². The smallest absolute Gasteiger partial charge is 0.124 e. The van der Waals surface area contributed by atoms with Crippen LogP contribution in [-0.2, 0) is 6.54 Å². The predicted octanol–water partition coefficient (Wildman–Crippen LogP) is 6.65. The number of rotatable bonds is 7. The molecule has 29 heavy (non-hydrogen) atoms. The first kappa shape index (κ1) is 21.4. The third-order valence-electron chi connectivity index (χ3n) is 4.75. The second-order valence-electron chi connectivity index (χ2n) is 8.14. The third kappa shape index (κ3) is 5.62. The Bertz CT molecular complexity index is 978. The molecule has 0 aliphatic heterocycles. The molecule has 0 radical (unpaired) electrons. The van der Waals surface area contributed by atoms with Crippen molar-refractivity contribution < 1.29 is 4.74 Å². The average molecular weight is 412 g/mol. The minimum Gasteiger partial charge on any atom is -0.488 e. The summed E-state index contributed by atoms with van der Waals surface area (Å²) >= 11 is 6.12. The fourth-order valence-electron chi connectivity index (χ4n) is 3.28. The molecule has 0 fully saturated rings. The van der Waals surface area contributed by atoms with Crippen molar-refractivity contribution >= 4 is 33.9 Å². The summed E-state index contributed by atoms with van der Waals surface area (Å²) in [4.78, 5) is 6.81. The molecule has 5 heteroatoms. The number of nitrogens with one attached hydrogen (secondary N) is 1. The van der Waals surface area contributed by atoms with E-state index < -0.39 is 0 Å². The highest BCUT2D eigenvalue weighted by Crippen LogP contribution is 2.31. The molecule has 0 bridgehead atoms. The van der Waals surface area contributed by atoms with Crippen molar-refractivity contribution in [3.8, 4) is 5.75 Å². The number of aromatic nitrogens is 1. The van der Waals surface area contributed by atoms with Crippen LogP contribution >= 0.6 is 11.6 Å². The van der Waals surface area contributed by atoms with Crippen molar-refractivity contribution in [2.75, 3.05) is 18.4 Å². The van der Waals surface area contributed by atoms with Gasteiger partial charge in [-0.2, -0.15) is 0 Å². The van der Waals surface area contributed by atoms with Crippen LogP contribution in [0.15, 0.2) is 48.7 Å². The van der Waals surface area contributed by atoms with E-state index in [2.05, 4.69) is 68.0 Å². The lowest BCUT2D eigenvalue weighted by Gasteiger charge is -2.26. The maximum atomic E-state index is 6.23. The van der Waals surface area contributed by atoms with Crippen LogP contribution in [0.4, 0.5) is 11.4 Å². The molecule has 1 N–H and O–H groups in total. The van der Waals surface area contributed by atoms with Crippen LogP contribution in [-0.4, -0.2) is 28.6 Å². The van der Waals surface area contributed by atoms with Crippen LogP contribution in [0.1, 0.15) is 40.2 Å². The van der Waals surface area contributed by atoms with E-state index in [4.69, 9.17) is 16.3 Å². The van der Waals surface area contributed by atoms with Crippen molar-refractivity contribution in [2.45, 2.75) is 46.8 Å². The van der Waals surface area contributed by atoms with Gasteiger partial charge in [0.15, 0.2) is 0 Å². The summed E-state index contributed by atoms with van der Waals surface area (Å²) in [6.45, 7) is 13.4. The number of hydrogen-bond acceptors (Lipinski definition) is 4. The molecule has 0 aliphatic carbocycles. The lowest BCUT2D eigenvalue weighted by molar-refractivity contribution is 0.127. The van der Waals surface area contributed by atoms with E-state index >= 15 is 0 Å². The first-order valence-electron chi connectivity index (χ1n) is 10.1.